The fraction of sp³-hybridized carbons (Fsp3) is 0.667. The Labute approximate surface area is 163 Å². The molecule has 2 N–H and O–H groups in total. The highest BCUT2D eigenvalue weighted by Gasteiger charge is 2.27. The molecule has 0 aliphatic heterocycles. The lowest BCUT2D eigenvalue weighted by molar-refractivity contribution is 0.169. The molecule has 4 nitrogen and oxygen atoms in total. The van der Waals surface area contributed by atoms with Gasteiger partial charge >= 0.3 is 6.09 Å². The summed E-state index contributed by atoms with van der Waals surface area (Å²) in [6, 6.07) is 3.66. The third kappa shape index (κ3) is 7.10. The van der Waals surface area contributed by atoms with E-state index in [-0.39, 0.29) is 15.6 Å². The first-order chi connectivity index (χ1) is 11.6. The maximum absolute atomic E-state index is 12.1. The van der Waals surface area contributed by atoms with Crippen LogP contribution in [-0.2, 0) is 15.6 Å². The Kier molecular flexibility index (Phi) is 7.08. The van der Waals surface area contributed by atoms with E-state index in [1.807, 2.05) is 53.7 Å². The number of nitrogens with one attached hydrogen (secondary N) is 1. The van der Waals surface area contributed by atoms with Crippen LogP contribution in [0.4, 0.5) is 10.5 Å². The Morgan fingerprint density at radius 1 is 1.00 bits per heavy atom. The van der Waals surface area contributed by atoms with Crippen LogP contribution in [-0.4, -0.2) is 28.3 Å². The maximum Gasteiger partial charge on any atom is 0.411 e. The summed E-state index contributed by atoms with van der Waals surface area (Å²) < 4.78 is 5.44. The van der Waals surface area contributed by atoms with Crippen molar-refractivity contribution >= 4 is 23.5 Å². The molecule has 0 saturated heterocycles. The molecule has 0 fully saturated rings. The van der Waals surface area contributed by atoms with Gasteiger partial charge in [-0.1, -0.05) is 62.3 Å². The van der Waals surface area contributed by atoms with E-state index in [2.05, 4.69) is 26.1 Å². The summed E-state index contributed by atoms with van der Waals surface area (Å²) in [5, 5.41) is 13.5. The zero-order valence-corrected chi connectivity index (χ0v) is 18.6. The van der Waals surface area contributed by atoms with Gasteiger partial charge in [-0.25, -0.2) is 4.79 Å². The smallest absolute Gasteiger partial charge is 0.411 e. The number of benzene rings is 1. The highest BCUT2D eigenvalue weighted by atomic mass is 32.2. The van der Waals surface area contributed by atoms with Gasteiger partial charge in [-0.05, 0) is 23.0 Å². The molecule has 0 spiro atoms. The van der Waals surface area contributed by atoms with Gasteiger partial charge in [-0.2, -0.15) is 11.8 Å². The van der Waals surface area contributed by atoms with Crippen LogP contribution in [0.2, 0.25) is 0 Å². The normalized spacial score (nSPS) is 12.8. The lowest BCUT2D eigenvalue weighted by Gasteiger charge is -2.28. The molecule has 0 bridgehead atoms. The van der Waals surface area contributed by atoms with Crippen molar-refractivity contribution in [1.82, 2.24) is 0 Å². The molecule has 0 atom stereocenters. The molecular weight excluding hydrogens is 346 g/mol. The monoisotopic (exact) mass is 381 g/mol. The second kappa shape index (κ2) is 8.12. The second-order valence-electron chi connectivity index (χ2n) is 9.64. The average molecular weight is 382 g/mol. The lowest BCUT2D eigenvalue weighted by Crippen LogP contribution is -2.20. The number of phenols is 1. The first-order valence-electron chi connectivity index (χ1n) is 9.07. The van der Waals surface area contributed by atoms with Gasteiger partial charge < -0.3 is 9.84 Å². The standard InChI is InChI=1S/C21H35NO3S/c1-19(2,3)15-12-14(13-16(17(15)23)20(4,5)6)22-18(24)25-10-11-26-21(7,8)9/h12-13,23H,10-11H2,1-9H3,(H,22,24). The van der Waals surface area contributed by atoms with E-state index in [1.165, 1.54) is 0 Å². The van der Waals surface area contributed by atoms with E-state index in [0.717, 1.165) is 16.9 Å². The van der Waals surface area contributed by atoms with Crippen molar-refractivity contribution in [2.24, 2.45) is 0 Å². The van der Waals surface area contributed by atoms with Crippen molar-refractivity contribution in [3.8, 4) is 5.75 Å². The third-order valence-electron chi connectivity index (χ3n) is 3.82. The molecule has 0 saturated carbocycles. The number of ether oxygens (including phenoxy) is 1. The Bertz CT molecular complexity index is 599. The average Bonchev–Trinajstić information content (AvgIpc) is 2.42. The quantitative estimate of drug-likeness (QED) is 0.491. The molecule has 1 amide bonds. The van der Waals surface area contributed by atoms with Crippen molar-refractivity contribution in [2.75, 3.05) is 17.7 Å². The Balaban J connectivity index is 2.94. The molecule has 0 heterocycles. The van der Waals surface area contributed by atoms with Crippen LogP contribution in [0, 0.1) is 0 Å². The summed E-state index contributed by atoms with van der Waals surface area (Å²) in [6.45, 7) is 19.0. The summed E-state index contributed by atoms with van der Waals surface area (Å²) >= 11 is 1.76. The van der Waals surface area contributed by atoms with E-state index in [1.54, 1.807) is 11.8 Å². The first kappa shape index (κ1) is 22.7. The molecule has 26 heavy (non-hydrogen) atoms. The number of carbonyl (C=O) groups excluding carboxylic acids is 1. The van der Waals surface area contributed by atoms with Crippen LogP contribution < -0.4 is 5.32 Å². The minimum atomic E-state index is -0.468. The van der Waals surface area contributed by atoms with Crippen molar-refractivity contribution < 1.29 is 14.6 Å². The van der Waals surface area contributed by atoms with Crippen molar-refractivity contribution in [2.45, 2.75) is 77.9 Å². The van der Waals surface area contributed by atoms with E-state index >= 15 is 0 Å². The molecular formula is C21H35NO3S. The molecule has 1 aromatic rings. The Morgan fingerprint density at radius 3 is 1.85 bits per heavy atom. The molecule has 1 aromatic carbocycles. The zero-order chi connectivity index (χ0) is 20.3. The summed E-state index contributed by atoms with van der Waals surface area (Å²) in [5.41, 5.74) is 1.78. The van der Waals surface area contributed by atoms with Crippen LogP contribution in [0.3, 0.4) is 0 Å². The van der Waals surface area contributed by atoms with Gasteiger partial charge in [0, 0.05) is 27.3 Å². The van der Waals surface area contributed by atoms with E-state index < -0.39 is 6.09 Å². The predicted octanol–water partition coefficient (Wildman–Crippen LogP) is 6.07. The molecule has 5 heteroatoms. The van der Waals surface area contributed by atoms with Gasteiger partial charge in [0.25, 0.3) is 0 Å². The molecule has 0 unspecified atom stereocenters. The van der Waals surface area contributed by atoms with Crippen LogP contribution in [0.15, 0.2) is 12.1 Å². The molecule has 0 aromatic heterocycles. The van der Waals surface area contributed by atoms with Crippen LogP contribution in [0.5, 0.6) is 5.75 Å². The number of rotatable bonds is 4. The minimum absolute atomic E-state index is 0.153. The third-order valence-corrected chi connectivity index (χ3v) is 5.06. The highest BCUT2D eigenvalue weighted by molar-refractivity contribution is 8.00. The largest absolute Gasteiger partial charge is 0.507 e. The number of amides is 1. The minimum Gasteiger partial charge on any atom is -0.507 e. The fourth-order valence-electron chi connectivity index (χ4n) is 2.49. The predicted molar refractivity (Wildman–Crippen MR) is 113 cm³/mol. The fourth-order valence-corrected chi connectivity index (χ4v) is 3.27. The number of hydrogen-bond acceptors (Lipinski definition) is 4. The van der Waals surface area contributed by atoms with Gasteiger partial charge in [0.2, 0.25) is 0 Å². The van der Waals surface area contributed by atoms with Crippen molar-refractivity contribution in [3.05, 3.63) is 23.3 Å². The summed E-state index contributed by atoms with van der Waals surface area (Å²) in [7, 11) is 0. The number of aromatic hydroxyl groups is 1. The summed E-state index contributed by atoms with van der Waals surface area (Å²) in [6.07, 6.45) is -0.468. The van der Waals surface area contributed by atoms with Crippen LogP contribution in [0.1, 0.15) is 73.4 Å². The SMILES string of the molecule is CC(C)(C)SCCOC(=O)Nc1cc(C(C)(C)C)c(O)c(C(C)(C)C)c1. The van der Waals surface area contributed by atoms with Crippen LogP contribution in [0.25, 0.3) is 0 Å². The zero-order valence-electron chi connectivity index (χ0n) is 17.7. The van der Waals surface area contributed by atoms with Crippen molar-refractivity contribution in [1.29, 1.82) is 0 Å². The van der Waals surface area contributed by atoms with E-state index in [4.69, 9.17) is 4.74 Å². The number of hydrogen-bond donors (Lipinski definition) is 2. The van der Waals surface area contributed by atoms with Crippen LogP contribution >= 0.6 is 11.8 Å². The Morgan fingerprint density at radius 2 is 1.46 bits per heavy atom. The molecule has 1 rings (SSSR count). The summed E-state index contributed by atoms with van der Waals surface area (Å²) in [4.78, 5) is 12.1. The second-order valence-corrected chi connectivity index (χ2v) is 11.6. The van der Waals surface area contributed by atoms with Gasteiger partial charge in [0.05, 0.1) is 0 Å². The number of phenolic OH excluding ortho intramolecular Hbond substituents is 1. The van der Waals surface area contributed by atoms with Gasteiger partial charge in [0.15, 0.2) is 0 Å². The molecule has 0 aliphatic rings. The van der Waals surface area contributed by atoms with E-state index in [9.17, 15) is 9.90 Å². The van der Waals surface area contributed by atoms with Gasteiger partial charge in [0.1, 0.15) is 12.4 Å². The molecule has 0 radical (unpaired) electrons. The number of anilines is 1. The summed E-state index contributed by atoms with van der Waals surface area (Å²) in [5.74, 6) is 1.05. The topological polar surface area (TPSA) is 58.6 Å². The van der Waals surface area contributed by atoms with E-state index in [0.29, 0.717) is 18.0 Å². The van der Waals surface area contributed by atoms with Gasteiger partial charge in [-0.15, -0.1) is 0 Å². The lowest BCUT2D eigenvalue weighted by atomic mass is 9.79. The Hall–Kier alpha value is -1.36. The van der Waals surface area contributed by atoms with Gasteiger partial charge in [-0.3, -0.25) is 5.32 Å². The first-order valence-corrected chi connectivity index (χ1v) is 10.1. The maximum atomic E-state index is 12.1. The number of carbonyl (C=O) groups is 1. The molecule has 0 aliphatic carbocycles. The number of thioether (sulfide) groups is 1. The molecule has 148 valence electrons. The van der Waals surface area contributed by atoms with Crippen molar-refractivity contribution in [3.63, 3.8) is 0 Å². The highest BCUT2D eigenvalue weighted by Crippen LogP contribution is 2.41.